The second kappa shape index (κ2) is 12.3. The Labute approximate surface area is 241 Å². The fourth-order valence-corrected chi connectivity index (χ4v) is 5.92. The van der Waals surface area contributed by atoms with Crippen LogP contribution in [0.25, 0.3) is 43.6 Å². The fraction of sp³-hybridized carbons (Fsp3) is 0.250. The molecule has 1 amide bonds. The average Bonchev–Trinajstić information content (AvgIpc) is 3.00. The predicted octanol–water partition coefficient (Wildman–Crippen LogP) is 8.15. The number of unbranched alkanes of at least 4 members (excludes halogenated alkanes) is 2. The Morgan fingerprint density at radius 1 is 0.610 bits per heavy atom. The number of nitrogens with zero attached hydrogens (tertiary/aromatic N) is 3. The summed E-state index contributed by atoms with van der Waals surface area (Å²) in [6.45, 7) is 4.04. The van der Waals surface area contributed by atoms with E-state index in [4.69, 9.17) is 9.97 Å². The highest BCUT2D eigenvalue weighted by molar-refractivity contribution is 6.07. The van der Waals surface area contributed by atoms with E-state index in [1.165, 1.54) is 16.3 Å². The van der Waals surface area contributed by atoms with Crippen molar-refractivity contribution < 1.29 is 4.79 Å². The summed E-state index contributed by atoms with van der Waals surface area (Å²) in [6, 6.07) is 33.4. The lowest BCUT2D eigenvalue weighted by Crippen LogP contribution is -2.31. The third kappa shape index (κ3) is 5.85. The van der Waals surface area contributed by atoms with Crippen molar-refractivity contribution in [2.24, 2.45) is 0 Å². The molecule has 0 saturated carbocycles. The zero-order chi connectivity index (χ0) is 28.0. The number of aryl methyl sites for hydroxylation is 1. The Morgan fingerprint density at radius 2 is 1.07 bits per heavy atom. The van der Waals surface area contributed by atoms with Gasteiger partial charge in [0.2, 0.25) is 5.91 Å². The van der Waals surface area contributed by atoms with Crippen molar-refractivity contribution in [1.29, 1.82) is 0 Å². The summed E-state index contributed by atoms with van der Waals surface area (Å²) in [5, 5.41) is 8.42. The molecule has 6 rings (SSSR count). The minimum atomic E-state index is 0.149. The molecule has 2 aromatic heterocycles. The number of aromatic nitrogens is 2. The molecule has 6 aromatic rings. The highest BCUT2D eigenvalue weighted by Crippen LogP contribution is 2.31. The number of hydrogen-bond donors (Lipinski definition) is 1. The molecule has 2 heterocycles. The van der Waals surface area contributed by atoms with Crippen LogP contribution in [0.15, 0.2) is 97.1 Å². The van der Waals surface area contributed by atoms with E-state index in [0.29, 0.717) is 0 Å². The van der Waals surface area contributed by atoms with E-state index in [1.807, 2.05) is 17.0 Å². The molecule has 5 nitrogen and oxygen atoms in total. The second-order valence-corrected chi connectivity index (χ2v) is 10.7. The zero-order valence-corrected chi connectivity index (χ0v) is 23.6. The van der Waals surface area contributed by atoms with Crippen LogP contribution in [-0.2, 0) is 11.2 Å². The van der Waals surface area contributed by atoms with Crippen molar-refractivity contribution in [3.05, 3.63) is 103 Å². The van der Waals surface area contributed by atoms with Crippen molar-refractivity contribution in [2.75, 3.05) is 25.0 Å². The summed E-state index contributed by atoms with van der Waals surface area (Å²) in [4.78, 5) is 24.1. The van der Waals surface area contributed by atoms with E-state index in [9.17, 15) is 4.79 Å². The molecule has 206 valence electrons. The molecule has 0 aliphatic carbocycles. The van der Waals surface area contributed by atoms with Gasteiger partial charge in [0, 0.05) is 48.1 Å². The van der Waals surface area contributed by atoms with Gasteiger partial charge >= 0.3 is 0 Å². The standard InChI is InChI=1S/C36H36N4O/c1-26(41)40(25-13-23-37-36-30-17-6-10-21-34(30)39-35-22-11-7-18-31(35)36)24-12-2-3-14-27-28-15-4-8-19-32(28)38-33-20-9-5-16-29(27)33/h4-11,15-22H,2-3,12-14,23-25H2,1H3,(H,37,39). The van der Waals surface area contributed by atoms with Crippen LogP contribution in [0.5, 0.6) is 0 Å². The smallest absolute Gasteiger partial charge is 0.219 e. The molecule has 0 fully saturated rings. The molecular formula is C36H36N4O. The summed E-state index contributed by atoms with van der Waals surface area (Å²) in [5.74, 6) is 0.149. The fourth-order valence-electron chi connectivity index (χ4n) is 5.92. The first-order valence-corrected chi connectivity index (χ1v) is 14.7. The summed E-state index contributed by atoms with van der Waals surface area (Å²) in [6.07, 6.45) is 5.09. The van der Waals surface area contributed by atoms with E-state index in [1.54, 1.807) is 6.92 Å². The summed E-state index contributed by atoms with van der Waals surface area (Å²) >= 11 is 0. The van der Waals surface area contributed by atoms with Gasteiger partial charge in [-0.05, 0) is 55.5 Å². The molecule has 4 aromatic carbocycles. The summed E-state index contributed by atoms with van der Waals surface area (Å²) < 4.78 is 0. The molecular weight excluding hydrogens is 504 g/mol. The third-order valence-electron chi connectivity index (χ3n) is 7.99. The van der Waals surface area contributed by atoms with Gasteiger partial charge in [-0.2, -0.15) is 0 Å². The van der Waals surface area contributed by atoms with Crippen molar-refractivity contribution in [3.63, 3.8) is 0 Å². The first-order chi connectivity index (χ1) is 20.2. The van der Waals surface area contributed by atoms with E-state index < -0.39 is 0 Å². The van der Waals surface area contributed by atoms with Crippen LogP contribution in [0.2, 0.25) is 0 Å². The lowest BCUT2D eigenvalue weighted by molar-refractivity contribution is -0.128. The Morgan fingerprint density at radius 3 is 1.61 bits per heavy atom. The van der Waals surface area contributed by atoms with Gasteiger partial charge < -0.3 is 10.2 Å². The predicted molar refractivity (Wildman–Crippen MR) is 171 cm³/mol. The Hall–Kier alpha value is -4.51. The lowest BCUT2D eigenvalue weighted by Gasteiger charge is -2.21. The Balaban J connectivity index is 1.03. The van der Waals surface area contributed by atoms with E-state index >= 15 is 0 Å². The number of hydrogen-bond acceptors (Lipinski definition) is 4. The number of fused-ring (bicyclic) bond motifs is 4. The van der Waals surface area contributed by atoms with Gasteiger partial charge in [0.15, 0.2) is 0 Å². The molecule has 1 N–H and O–H groups in total. The highest BCUT2D eigenvalue weighted by Gasteiger charge is 2.12. The van der Waals surface area contributed by atoms with Crippen LogP contribution in [-0.4, -0.2) is 40.4 Å². The number of benzene rings is 4. The highest BCUT2D eigenvalue weighted by atomic mass is 16.2. The number of anilines is 1. The van der Waals surface area contributed by atoms with Crippen molar-refractivity contribution >= 4 is 55.2 Å². The Kier molecular flexibility index (Phi) is 8.04. The Bertz CT molecular complexity index is 1720. The molecule has 0 bridgehead atoms. The minimum absolute atomic E-state index is 0.149. The normalized spacial score (nSPS) is 11.4. The molecule has 0 radical (unpaired) electrons. The molecule has 0 spiro atoms. The monoisotopic (exact) mass is 540 g/mol. The molecule has 0 unspecified atom stereocenters. The first kappa shape index (κ1) is 26.7. The van der Waals surface area contributed by atoms with Gasteiger partial charge in [-0.15, -0.1) is 0 Å². The number of pyridine rings is 2. The van der Waals surface area contributed by atoms with Gasteiger partial charge in [0.25, 0.3) is 0 Å². The van der Waals surface area contributed by atoms with Gasteiger partial charge in [0.05, 0.1) is 27.8 Å². The topological polar surface area (TPSA) is 58.1 Å². The number of carbonyl (C=O) groups is 1. The quantitative estimate of drug-likeness (QED) is 0.133. The van der Waals surface area contributed by atoms with Gasteiger partial charge in [-0.1, -0.05) is 79.2 Å². The molecule has 41 heavy (non-hydrogen) atoms. The van der Waals surface area contributed by atoms with E-state index in [-0.39, 0.29) is 5.91 Å². The second-order valence-electron chi connectivity index (χ2n) is 10.7. The maximum absolute atomic E-state index is 12.4. The van der Waals surface area contributed by atoms with Gasteiger partial charge in [-0.3, -0.25) is 4.79 Å². The molecule has 0 saturated heterocycles. The number of amides is 1. The number of carbonyl (C=O) groups excluding carboxylic acids is 1. The van der Waals surface area contributed by atoms with Crippen LogP contribution in [0.3, 0.4) is 0 Å². The summed E-state index contributed by atoms with van der Waals surface area (Å²) in [7, 11) is 0. The van der Waals surface area contributed by atoms with Crippen LogP contribution in [0.1, 0.15) is 38.2 Å². The van der Waals surface area contributed by atoms with Crippen molar-refractivity contribution in [3.8, 4) is 0 Å². The lowest BCUT2D eigenvalue weighted by atomic mass is 9.97. The number of rotatable bonds is 11. The SMILES string of the molecule is CC(=O)N(CCCCCc1c2ccccc2nc2ccccc12)CCCNc1c2ccccc2nc2ccccc12. The number of nitrogens with one attached hydrogen (secondary N) is 1. The molecule has 0 aliphatic heterocycles. The van der Waals surface area contributed by atoms with Crippen LogP contribution in [0.4, 0.5) is 5.69 Å². The first-order valence-electron chi connectivity index (χ1n) is 14.7. The minimum Gasteiger partial charge on any atom is -0.384 e. The van der Waals surface area contributed by atoms with Crippen molar-refractivity contribution in [1.82, 2.24) is 14.9 Å². The average molecular weight is 541 g/mol. The van der Waals surface area contributed by atoms with E-state index in [0.717, 1.165) is 90.3 Å². The largest absolute Gasteiger partial charge is 0.384 e. The number of para-hydroxylation sites is 4. The maximum atomic E-state index is 12.4. The van der Waals surface area contributed by atoms with Crippen LogP contribution >= 0.6 is 0 Å². The van der Waals surface area contributed by atoms with E-state index in [2.05, 4.69) is 90.2 Å². The third-order valence-corrected chi connectivity index (χ3v) is 7.99. The van der Waals surface area contributed by atoms with Gasteiger partial charge in [0.1, 0.15) is 0 Å². The van der Waals surface area contributed by atoms with Crippen molar-refractivity contribution in [2.45, 2.75) is 39.0 Å². The molecule has 0 atom stereocenters. The zero-order valence-electron chi connectivity index (χ0n) is 23.6. The molecule has 5 heteroatoms. The van der Waals surface area contributed by atoms with Crippen LogP contribution in [0, 0.1) is 0 Å². The van der Waals surface area contributed by atoms with Gasteiger partial charge in [-0.25, -0.2) is 9.97 Å². The summed E-state index contributed by atoms with van der Waals surface area (Å²) in [5.41, 5.74) is 6.61. The van der Waals surface area contributed by atoms with Crippen LogP contribution < -0.4 is 5.32 Å². The maximum Gasteiger partial charge on any atom is 0.219 e. The molecule has 0 aliphatic rings.